The van der Waals surface area contributed by atoms with Gasteiger partial charge in [-0.05, 0) is 36.8 Å². The van der Waals surface area contributed by atoms with Gasteiger partial charge in [-0.1, -0.05) is 60.7 Å². The van der Waals surface area contributed by atoms with E-state index in [0.717, 1.165) is 11.1 Å². The molecule has 3 rings (SSSR count). The van der Waals surface area contributed by atoms with E-state index in [1.54, 1.807) is 0 Å². The molecule has 0 aliphatic heterocycles. The quantitative estimate of drug-likeness (QED) is 0.816. The van der Waals surface area contributed by atoms with E-state index in [4.69, 9.17) is 5.11 Å². The lowest BCUT2D eigenvalue weighted by molar-refractivity contribution is -0.146. The van der Waals surface area contributed by atoms with Crippen molar-refractivity contribution >= 4 is 11.9 Å². The third kappa shape index (κ3) is 4.69. The maximum atomic E-state index is 12.8. The molecule has 0 aromatic heterocycles. The van der Waals surface area contributed by atoms with Crippen LogP contribution in [-0.4, -0.2) is 23.0 Å². The molecule has 0 radical (unpaired) electrons. The van der Waals surface area contributed by atoms with Crippen LogP contribution in [0.15, 0.2) is 60.7 Å². The molecule has 1 amide bonds. The maximum Gasteiger partial charge on any atom is 0.306 e. The second kappa shape index (κ2) is 7.97. The van der Waals surface area contributed by atoms with E-state index in [1.807, 2.05) is 60.7 Å². The van der Waals surface area contributed by atoms with Gasteiger partial charge in [0, 0.05) is 12.0 Å². The van der Waals surface area contributed by atoms with E-state index in [9.17, 15) is 9.59 Å². The molecule has 4 nitrogen and oxygen atoms in total. The number of carboxylic acids is 1. The lowest BCUT2D eigenvalue weighted by atomic mass is 9.80. The molecule has 0 unspecified atom stereocenters. The van der Waals surface area contributed by atoms with Gasteiger partial charge in [0.05, 0.1) is 5.92 Å². The van der Waals surface area contributed by atoms with Gasteiger partial charge < -0.3 is 10.4 Å². The molecule has 1 aliphatic rings. The van der Waals surface area contributed by atoms with Gasteiger partial charge >= 0.3 is 5.97 Å². The zero-order valence-corrected chi connectivity index (χ0v) is 14.1. The van der Waals surface area contributed by atoms with Crippen LogP contribution in [0.4, 0.5) is 0 Å². The lowest BCUT2D eigenvalue weighted by Crippen LogP contribution is -2.49. The van der Waals surface area contributed by atoms with Crippen molar-refractivity contribution in [3.05, 3.63) is 71.8 Å². The van der Waals surface area contributed by atoms with Crippen LogP contribution < -0.4 is 5.32 Å². The topological polar surface area (TPSA) is 66.4 Å². The standard InChI is InChI=1S/C21H23NO3/c23-20(22-19-13-18(14-19)21(24)25)17(11-15-7-3-1-4-8-15)12-16-9-5-2-6-10-16/h1-10,17-19H,11-14H2,(H,22,23)(H,24,25). The second-order valence-electron chi connectivity index (χ2n) is 6.79. The first-order valence-electron chi connectivity index (χ1n) is 8.73. The number of carbonyl (C=O) groups is 2. The maximum absolute atomic E-state index is 12.8. The Morgan fingerprint density at radius 2 is 1.40 bits per heavy atom. The van der Waals surface area contributed by atoms with E-state index in [0.29, 0.717) is 25.7 Å². The Morgan fingerprint density at radius 1 is 0.920 bits per heavy atom. The summed E-state index contributed by atoms with van der Waals surface area (Å²) in [4.78, 5) is 23.7. The molecule has 1 aliphatic carbocycles. The normalized spacial score (nSPS) is 19.2. The Hall–Kier alpha value is -2.62. The largest absolute Gasteiger partial charge is 0.481 e. The minimum atomic E-state index is -0.768. The Bertz CT molecular complexity index is 667. The third-order valence-corrected chi connectivity index (χ3v) is 4.85. The molecule has 130 valence electrons. The zero-order valence-electron chi connectivity index (χ0n) is 14.1. The molecule has 0 spiro atoms. The molecule has 1 saturated carbocycles. The Morgan fingerprint density at radius 3 is 1.84 bits per heavy atom. The molecule has 1 fully saturated rings. The number of aliphatic carboxylic acids is 1. The molecule has 0 saturated heterocycles. The molecule has 4 heteroatoms. The summed E-state index contributed by atoms with van der Waals surface area (Å²) < 4.78 is 0. The van der Waals surface area contributed by atoms with Crippen LogP contribution in [0.5, 0.6) is 0 Å². The first kappa shape index (κ1) is 17.2. The van der Waals surface area contributed by atoms with Gasteiger partial charge in [0.15, 0.2) is 0 Å². The van der Waals surface area contributed by atoms with E-state index in [2.05, 4.69) is 5.32 Å². The van der Waals surface area contributed by atoms with Crippen molar-refractivity contribution in [3.8, 4) is 0 Å². The number of amides is 1. The van der Waals surface area contributed by atoms with Crippen molar-refractivity contribution in [2.75, 3.05) is 0 Å². The van der Waals surface area contributed by atoms with Crippen LogP contribution in [0.2, 0.25) is 0 Å². The predicted molar refractivity (Wildman–Crippen MR) is 96.1 cm³/mol. The highest BCUT2D eigenvalue weighted by molar-refractivity contribution is 5.80. The van der Waals surface area contributed by atoms with Crippen molar-refractivity contribution in [3.63, 3.8) is 0 Å². The summed E-state index contributed by atoms with van der Waals surface area (Å²) in [6, 6.07) is 20.0. The van der Waals surface area contributed by atoms with Gasteiger partial charge in [0.25, 0.3) is 0 Å². The summed E-state index contributed by atoms with van der Waals surface area (Å²) in [6.45, 7) is 0. The van der Waals surface area contributed by atoms with Crippen LogP contribution in [-0.2, 0) is 22.4 Å². The number of carbonyl (C=O) groups excluding carboxylic acids is 1. The number of hydrogen-bond acceptors (Lipinski definition) is 2. The van der Waals surface area contributed by atoms with Gasteiger partial charge in [-0.3, -0.25) is 9.59 Å². The lowest BCUT2D eigenvalue weighted by Gasteiger charge is -2.34. The van der Waals surface area contributed by atoms with Crippen molar-refractivity contribution in [2.45, 2.75) is 31.7 Å². The molecule has 25 heavy (non-hydrogen) atoms. The minimum Gasteiger partial charge on any atom is -0.481 e. The number of nitrogens with one attached hydrogen (secondary N) is 1. The van der Waals surface area contributed by atoms with Crippen molar-refractivity contribution in [1.82, 2.24) is 5.32 Å². The molecule has 0 heterocycles. The van der Waals surface area contributed by atoms with Crippen LogP contribution >= 0.6 is 0 Å². The number of hydrogen-bond donors (Lipinski definition) is 2. The van der Waals surface area contributed by atoms with Gasteiger partial charge in [0.2, 0.25) is 5.91 Å². The smallest absolute Gasteiger partial charge is 0.306 e. The summed E-state index contributed by atoms with van der Waals surface area (Å²) in [5, 5.41) is 12.0. The fourth-order valence-corrected chi connectivity index (χ4v) is 3.31. The fraction of sp³-hybridized carbons (Fsp3) is 0.333. The summed E-state index contributed by atoms with van der Waals surface area (Å²) in [7, 11) is 0. The summed E-state index contributed by atoms with van der Waals surface area (Å²) >= 11 is 0. The van der Waals surface area contributed by atoms with Gasteiger partial charge in [-0.2, -0.15) is 0 Å². The Kier molecular flexibility index (Phi) is 5.49. The van der Waals surface area contributed by atoms with E-state index >= 15 is 0 Å². The van der Waals surface area contributed by atoms with Crippen LogP contribution in [0.3, 0.4) is 0 Å². The first-order valence-corrected chi connectivity index (χ1v) is 8.73. The van der Waals surface area contributed by atoms with Crippen molar-refractivity contribution < 1.29 is 14.7 Å². The zero-order chi connectivity index (χ0) is 17.6. The molecule has 0 bridgehead atoms. The Labute approximate surface area is 147 Å². The summed E-state index contributed by atoms with van der Waals surface area (Å²) in [5.74, 6) is -1.22. The number of carboxylic acid groups (broad SMARTS) is 1. The van der Waals surface area contributed by atoms with Crippen molar-refractivity contribution in [1.29, 1.82) is 0 Å². The third-order valence-electron chi connectivity index (χ3n) is 4.85. The Balaban J connectivity index is 1.65. The summed E-state index contributed by atoms with van der Waals surface area (Å²) in [6.07, 6.45) is 2.42. The average Bonchev–Trinajstić information content (AvgIpc) is 2.58. The van der Waals surface area contributed by atoms with Crippen LogP contribution in [0.25, 0.3) is 0 Å². The molecular formula is C21H23NO3. The molecule has 2 N–H and O–H groups in total. The monoisotopic (exact) mass is 337 g/mol. The molecule has 2 aromatic carbocycles. The SMILES string of the molecule is O=C(O)C1CC(NC(=O)C(Cc2ccccc2)Cc2ccccc2)C1. The highest BCUT2D eigenvalue weighted by Crippen LogP contribution is 2.28. The second-order valence-corrected chi connectivity index (χ2v) is 6.79. The number of benzene rings is 2. The van der Waals surface area contributed by atoms with E-state index in [1.165, 1.54) is 0 Å². The van der Waals surface area contributed by atoms with Crippen LogP contribution in [0, 0.1) is 11.8 Å². The minimum absolute atomic E-state index is 0.0114. The average molecular weight is 337 g/mol. The fourth-order valence-electron chi connectivity index (χ4n) is 3.31. The predicted octanol–water partition coefficient (Wildman–Crippen LogP) is 3.07. The van der Waals surface area contributed by atoms with Gasteiger partial charge in [-0.15, -0.1) is 0 Å². The highest BCUT2D eigenvalue weighted by Gasteiger charge is 2.36. The molecule has 2 aromatic rings. The van der Waals surface area contributed by atoms with Crippen molar-refractivity contribution in [2.24, 2.45) is 11.8 Å². The van der Waals surface area contributed by atoms with E-state index in [-0.39, 0.29) is 23.8 Å². The van der Waals surface area contributed by atoms with Crippen LogP contribution in [0.1, 0.15) is 24.0 Å². The van der Waals surface area contributed by atoms with Gasteiger partial charge in [-0.25, -0.2) is 0 Å². The first-order chi connectivity index (χ1) is 12.1. The molecule has 0 atom stereocenters. The molecular weight excluding hydrogens is 314 g/mol. The number of rotatable bonds is 7. The van der Waals surface area contributed by atoms with E-state index < -0.39 is 5.97 Å². The summed E-state index contributed by atoms with van der Waals surface area (Å²) in [5.41, 5.74) is 2.27. The van der Waals surface area contributed by atoms with Gasteiger partial charge in [0.1, 0.15) is 0 Å². The highest BCUT2D eigenvalue weighted by atomic mass is 16.4.